The number of hydrogen-bond donors (Lipinski definition) is 1. The number of nitrogens with zero attached hydrogens (tertiary/aromatic N) is 3. The van der Waals surface area contributed by atoms with Crippen LogP contribution in [0.1, 0.15) is 38.1 Å². The van der Waals surface area contributed by atoms with Gasteiger partial charge in [-0.25, -0.2) is 0 Å². The van der Waals surface area contributed by atoms with Crippen molar-refractivity contribution in [3.05, 3.63) is 66.0 Å². The first-order valence-corrected chi connectivity index (χ1v) is 11.2. The van der Waals surface area contributed by atoms with E-state index in [1.54, 1.807) is 0 Å². The highest BCUT2D eigenvalue weighted by Gasteiger charge is 2.17. The summed E-state index contributed by atoms with van der Waals surface area (Å²) in [5, 5.41) is 12.4. The number of para-hydroxylation sites is 2. The molecule has 6 nitrogen and oxygen atoms in total. The lowest BCUT2D eigenvalue weighted by molar-refractivity contribution is -0.119. The number of aryl methyl sites for hydroxylation is 1. The molecule has 3 rings (SSSR count). The first kappa shape index (κ1) is 21.9. The predicted octanol–water partition coefficient (Wildman–Crippen LogP) is 4.55. The van der Waals surface area contributed by atoms with Gasteiger partial charge in [0.2, 0.25) is 5.91 Å². The number of aromatic nitrogens is 3. The van der Waals surface area contributed by atoms with E-state index in [1.165, 1.54) is 11.8 Å². The summed E-state index contributed by atoms with van der Waals surface area (Å²) in [6.45, 7) is 6.45. The van der Waals surface area contributed by atoms with Crippen molar-refractivity contribution in [1.82, 2.24) is 20.1 Å². The maximum Gasteiger partial charge on any atom is 0.230 e. The topological polar surface area (TPSA) is 69.0 Å². The van der Waals surface area contributed by atoms with Crippen LogP contribution in [-0.4, -0.2) is 32.5 Å². The average molecular weight is 425 g/mol. The monoisotopic (exact) mass is 424 g/mol. The number of carbonyl (C=O) groups is 1. The van der Waals surface area contributed by atoms with Crippen molar-refractivity contribution in [1.29, 1.82) is 0 Å². The lowest BCUT2D eigenvalue weighted by atomic mass is 10.2. The van der Waals surface area contributed by atoms with E-state index in [-0.39, 0.29) is 18.6 Å². The highest BCUT2D eigenvalue weighted by atomic mass is 32.2. The average Bonchev–Trinajstić information content (AvgIpc) is 3.19. The van der Waals surface area contributed by atoms with Crippen molar-refractivity contribution < 1.29 is 9.53 Å². The second-order valence-electron chi connectivity index (χ2n) is 6.99. The third kappa shape index (κ3) is 5.63. The van der Waals surface area contributed by atoms with E-state index in [2.05, 4.69) is 29.4 Å². The van der Waals surface area contributed by atoms with Crippen LogP contribution in [0.5, 0.6) is 5.75 Å². The van der Waals surface area contributed by atoms with Crippen LogP contribution in [-0.2, 0) is 11.4 Å². The fourth-order valence-electron chi connectivity index (χ4n) is 3.08. The van der Waals surface area contributed by atoms with Crippen LogP contribution in [0.2, 0.25) is 0 Å². The molecule has 30 heavy (non-hydrogen) atoms. The summed E-state index contributed by atoms with van der Waals surface area (Å²) in [4.78, 5) is 12.3. The molecule has 0 radical (unpaired) electrons. The molecular weight excluding hydrogens is 396 g/mol. The zero-order chi connectivity index (χ0) is 21.3. The van der Waals surface area contributed by atoms with E-state index in [1.807, 2.05) is 66.1 Å². The molecule has 0 saturated heterocycles. The van der Waals surface area contributed by atoms with Crippen LogP contribution in [0.4, 0.5) is 0 Å². The molecule has 0 fully saturated rings. The summed E-state index contributed by atoms with van der Waals surface area (Å²) >= 11 is 1.38. The lowest BCUT2D eigenvalue weighted by Crippen LogP contribution is -2.35. The molecule has 158 valence electrons. The molecule has 1 heterocycles. The molecule has 0 atom stereocenters. The molecule has 7 heteroatoms. The molecule has 0 spiro atoms. The molecule has 0 unspecified atom stereocenters. The fourth-order valence-corrected chi connectivity index (χ4v) is 3.86. The van der Waals surface area contributed by atoms with E-state index in [9.17, 15) is 4.79 Å². The van der Waals surface area contributed by atoms with E-state index in [0.29, 0.717) is 16.7 Å². The number of benzene rings is 2. The zero-order valence-electron chi connectivity index (χ0n) is 17.7. The van der Waals surface area contributed by atoms with Gasteiger partial charge < -0.3 is 10.1 Å². The van der Waals surface area contributed by atoms with Crippen LogP contribution in [0.15, 0.2) is 59.8 Å². The van der Waals surface area contributed by atoms with Crippen molar-refractivity contribution in [2.24, 2.45) is 0 Å². The molecule has 0 aliphatic rings. The van der Waals surface area contributed by atoms with Crippen molar-refractivity contribution in [3.8, 4) is 11.4 Å². The largest absolute Gasteiger partial charge is 0.485 e. The lowest BCUT2D eigenvalue weighted by Gasteiger charge is -2.15. The maximum absolute atomic E-state index is 12.3. The number of carbonyl (C=O) groups excluding carboxylic acids is 1. The molecule has 0 aliphatic carbocycles. The van der Waals surface area contributed by atoms with Crippen molar-refractivity contribution >= 4 is 17.7 Å². The third-order valence-electron chi connectivity index (χ3n) is 4.85. The summed E-state index contributed by atoms with van der Waals surface area (Å²) in [5.41, 5.74) is 2.00. The molecule has 3 aromatic rings. The third-order valence-corrected chi connectivity index (χ3v) is 5.78. The Hall–Kier alpha value is -2.80. The molecule has 1 aromatic heterocycles. The summed E-state index contributed by atoms with van der Waals surface area (Å²) in [6.07, 6.45) is 1.85. The Morgan fingerprint density at radius 3 is 2.47 bits per heavy atom. The fraction of sp³-hybridized carbons (Fsp3) is 0.348. The van der Waals surface area contributed by atoms with E-state index < -0.39 is 0 Å². The molecule has 1 amide bonds. The Kier molecular flexibility index (Phi) is 7.90. The van der Waals surface area contributed by atoms with Crippen LogP contribution in [0.3, 0.4) is 0 Å². The molecule has 0 saturated carbocycles. The second-order valence-corrected chi connectivity index (χ2v) is 7.94. The first-order chi connectivity index (χ1) is 14.6. The maximum atomic E-state index is 12.3. The van der Waals surface area contributed by atoms with Gasteiger partial charge in [-0.3, -0.25) is 9.36 Å². The van der Waals surface area contributed by atoms with Gasteiger partial charge in [-0.05, 0) is 43.5 Å². The zero-order valence-corrected chi connectivity index (χ0v) is 18.5. The summed E-state index contributed by atoms with van der Waals surface area (Å²) in [5.74, 6) is 1.81. The Morgan fingerprint density at radius 1 is 1.07 bits per heavy atom. The minimum atomic E-state index is 0.00835. The standard InChI is InChI=1S/C23H28N4O2S/c1-4-18(5-2)24-22(28)16-30-23-26-25-21(27(23)19-12-7-6-8-13-19)15-29-20-14-10-9-11-17(20)3/h6-14,18H,4-5,15-16H2,1-3H3,(H,24,28). The molecule has 1 N–H and O–H groups in total. The Bertz CT molecular complexity index is 955. The van der Waals surface area contributed by atoms with Crippen LogP contribution in [0, 0.1) is 6.92 Å². The van der Waals surface area contributed by atoms with Gasteiger partial charge in [0, 0.05) is 11.7 Å². The van der Waals surface area contributed by atoms with Gasteiger partial charge >= 0.3 is 0 Å². The molecule has 0 bridgehead atoms. The van der Waals surface area contributed by atoms with E-state index in [4.69, 9.17) is 4.74 Å². The normalized spacial score (nSPS) is 10.9. The Morgan fingerprint density at radius 2 is 1.77 bits per heavy atom. The number of thioether (sulfide) groups is 1. The van der Waals surface area contributed by atoms with Gasteiger partial charge in [-0.1, -0.05) is 62.0 Å². The van der Waals surface area contributed by atoms with E-state index in [0.717, 1.165) is 29.8 Å². The van der Waals surface area contributed by atoms with Gasteiger partial charge in [0.1, 0.15) is 12.4 Å². The van der Waals surface area contributed by atoms with Crippen molar-refractivity contribution in [2.75, 3.05) is 5.75 Å². The second kappa shape index (κ2) is 10.8. The van der Waals surface area contributed by atoms with Gasteiger partial charge in [0.05, 0.1) is 5.75 Å². The van der Waals surface area contributed by atoms with Gasteiger partial charge in [0.25, 0.3) is 0 Å². The van der Waals surface area contributed by atoms with Crippen LogP contribution >= 0.6 is 11.8 Å². The highest BCUT2D eigenvalue weighted by molar-refractivity contribution is 7.99. The number of hydrogen-bond acceptors (Lipinski definition) is 5. The molecule has 2 aromatic carbocycles. The number of rotatable bonds is 10. The van der Waals surface area contributed by atoms with Gasteiger partial charge in [0.15, 0.2) is 11.0 Å². The number of nitrogens with one attached hydrogen (secondary N) is 1. The predicted molar refractivity (Wildman–Crippen MR) is 120 cm³/mol. The van der Waals surface area contributed by atoms with Gasteiger partial charge in [-0.2, -0.15) is 0 Å². The Balaban J connectivity index is 1.77. The number of ether oxygens (including phenoxy) is 1. The van der Waals surface area contributed by atoms with Crippen molar-refractivity contribution in [3.63, 3.8) is 0 Å². The summed E-state index contributed by atoms with van der Waals surface area (Å²) in [6, 6.07) is 18.0. The van der Waals surface area contributed by atoms with Crippen LogP contribution in [0.25, 0.3) is 5.69 Å². The summed E-state index contributed by atoms with van der Waals surface area (Å²) < 4.78 is 7.95. The molecular formula is C23H28N4O2S. The van der Waals surface area contributed by atoms with E-state index >= 15 is 0 Å². The van der Waals surface area contributed by atoms with Gasteiger partial charge in [-0.15, -0.1) is 10.2 Å². The highest BCUT2D eigenvalue weighted by Crippen LogP contribution is 2.24. The minimum absolute atomic E-state index is 0.00835. The number of amides is 1. The Labute approximate surface area is 182 Å². The quantitative estimate of drug-likeness (QED) is 0.484. The van der Waals surface area contributed by atoms with Crippen LogP contribution < -0.4 is 10.1 Å². The smallest absolute Gasteiger partial charge is 0.230 e. The summed E-state index contributed by atoms with van der Waals surface area (Å²) in [7, 11) is 0. The van der Waals surface area contributed by atoms with Crippen molar-refractivity contribution in [2.45, 2.75) is 51.4 Å². The minimum Gasteiger partial charge on any atom is -0.485 e. The first-order valence-electron chi connectivity index (χ1n) is 10.2. The SMILES string of the molecule is CCC(CC)NC(=O)CSc1nnc(COc2ccccc2C)n1-c1ccccc1. The molecule has 0 aliphatic heterocycles.